The minimum Gasteiger partial charge on any atom is -0.455 e. The van der Waals surface area contributed by atoms with Crippen LogP contribution in [0.3, 0.4) is 0 Å². The molecule has 0 fully saturated rings. The maximum atomic E-state index is 11.8. The van der Waals surface area contributed by atoms with Crippen molar-refractivity contribution in [3.63, 3.8) is 0 Å². The van der Waals surface area contributed by atoms with Gasteiger partial charge in [0.1, 0.15) is 11.3 Å². The van der Waals surface area contributed by atoms with E-state index in [0.29, 0.717) is 0 Å². The van der Waals surface area contributed by atoms with E-state index in [1.54, 1.807) is 33.8 Å². The second-order valence-electron chi connectivity index (χ2n) is 4.46. The molecular weight excluding hydrogens is 222 g/mol. The van der Waals surface area contributed by atoms with E-state index < -0.39 is 17.7 Å². The van der Waals surface area contributed by atoms with Crippen molar-refractivity contribution >= 4 is 12.1 Å². The number of hydrogen-bond acceptors (Lipinski definition) is 4. The third-order valence-electron chi connectivity index (χ3n) is 1.82. The van der Waals surface area contributed by atoms with Crippen molar-refractivity contribution in [3.8, 4) is 0 Å². The van der Waals surface area contributed by atoms with Crippen molar-refractivity contribution < 1.29 is 19.1 Å². The molecule has 0 aliphatic heterocycles. The molecule has 0 amide bonds. The van der Waals surface area contributed by atoms with Gasteiger partial charge in [-0.05, 0) is 39.8 Å². The fraction of sp³-hybridized carbons (Fsp3) is 0.500. The van der Waals surface area contributed by atoms with Crippen molar-refractivity contribution in [2.75, 3.05) is 6.61 Å². The highest BCUT2D eigenvalue weighted by Crippen LogP contribution is 2.13. The van der Waals surface area contributed by atoms with E-state index in [1.165, 1.54) is 12.3 Å². The number of carbonyl (C=O) groups is 2. The monoisotopic (exact) mass is 239 g/mol. The number of esters is 1. The molecule has 0 aromatic carbocycles. The molecule has 1 aromatic rings. The number of rotatable bonds is 2. The van der Waals surface area contributed by atoms with Crippen LogP contribution in [0.2, 0.25) is 0 Å². The Balaban J connectivity index is 2.89. The van der Waals surface area contributed by atoms with E-state index >= 15 is 0 Å². The molecule has 0 saturated carbocycles. The number of nitrogens with zero attached hydrogens (tertiary/aromatic N) is 1. The standard InChI is InChI=1S/C12H17NO4/c1-5-16-11(15)13-8-6-7-9(13)10(14)17-12(2,3)4/h6-8H,5H2,1-4H3. The van der Waals surface area contributed by atoms with Gasteiger partial charge >= 0.3 is 12.1 Å². The van der Waals surface area contributed by atoms with Crippen molar-refractivity contribution in [3.05, 3.63) is 24.0 Å². The summed E-state index contributed by atoms with van der Waals surface area (Å²) in [5, 5.41) is 0. The van der Waals surface area contributed by atoms with Crippen LogP contribution in [0.25, 0.3) is 0 Å². The molecule has 0 N–H and O–H groups in total. The molecule has 5 nitrogen and oxygen atoms in total. The molecule has 0 radical (unpaired) electrons. The lowest BCUT2D eigenvalue weighted by Gasteiger charge is -2.19. The van der Waals surface area contributed by atoms with Crippen LogP contribution in [0.5, 0.6) is 0 Å². The quantitative estimate of drug-likeness (QED) is 0.744. The average molecular weight is 239 g/mol. The molecule has 0 aliphatic carbocycles. The minimum atomic E-state index is -0.596. The molecule has 1 heterocycles. The average Bonchev–Trinajstić information content (AvgIpc) is 2.63. The zero-order chi connectivity index (χ0) is 13.1. The smallest absolute Gasteiger partial charge is 0.418 e. The largest absolute Gasteiger partial charge is 0.455 e. The fourth-order valence-corrected chi connectivity index (χ4v) is 1.23. The van der Waals surface area contributed by atoms with Gasteiger partial charge in [-0.25, -0.2) is 14.2 Å². The van der Waals surface area contributed by atoms with Gasteiger partial charge < -0.3 is 9.47 Å². The number of ether oxygens (including phenoxy) is 2. The molecule has 0 saturated heterocycles. The van der Waals surface area contributed by atoms with Gasteiger partial charge in [-0.3, -0.25) is 0 Å². The van der Waals surface area contributed by atoms with Crippen molar-refractivity contribution in [1.29, 1.82) is 0 Å². The first-order valence-corrected chi connectivity index (χ1v) is 5.43. The molecule has 0 aliphatic rings. The second-order valence-corrected chi connectivity index (χ2v) is 4.46. The van der Waals surface area contributed by atoms with Crippen LogP contribution in [0, 0.1) is 0 Å². The Morgan fingerprint density at radius 3 is 2.53 bits per heavy atom. The molecule has 94 valence electrons. The zero-order valence-corrected chi connectivity index (χ0v) is 10.5. The Bertz CT molecular complexity index is 414. The predicted molar refractivity (Wildman–Crippen MR) is 62.0 cm³/mol. The van der Waals surface area contributed by atoms with Crippen LogP contribution in [0.4, 0.5) is 4.79 Å². The summed E-state index contributed by atoms with van der Waals surface area (Å²) in [5.41, 5.74) is -0.431. The van der Waals surface area contributed by atoms with Gasteiger partial charge in [-0.1, -0.05) is 0 Å². The molecule has 0 unspecified atom stereocenters. The highest BCUT2D eigenvalue weighted by atomic mass is 16.6. The summed E-state index contributed by atoms with van der Waals surface area (Å²) in [5.74, 6) is -0.546. The van der Waals surface area contributed by atoms with E-state index in [0.717, 1.165) is 4.57 Å². The predicted octanol–water partition coefficient (Wildman–Crippen LogP) is 2.45. The molecular formula is C12H17NO4. The molecule has 0 bridgehead atoms. The maximum absolute atomic E-state index is 11.8. The highest BCUT2D eigenvalue weighted by Gasteiger charge is 2.22. The molecule has 1 rings (SSSR count). The van der Waals surface area contributed by atoms with Gasteiger partial charge in [0.15, 0.2) is 0 Å². The van der Waals surface area contributed by atoms with Crippen LogP contribution in [-0.4, -0.2) is 28.8 Å². The van der Waals surface area contributed by atoms with Crippen LogP contribution in [0.1, 0.15) is 38.2 Å². The lowest BCUT2D eigenvalue weighted by Crippen LogP contribution is -2.27. The normalized spacial score (nSPS) is 11.1. The summed E-state index contributed by atoms with van der Waals surface area (Å²) in [7, 11) is 0. The Morgan fingerprint density at radius 1 is 1.35 bits per heavy atom. The lowest BCUT2D eigenvalue weighted by atomic mass is 10.2. The lowest BCUT2D eigenvalue weighted by molar-refractivity contribution is 0.00571. The number of aromatic nitrogens is 1. The van der Waals surface area contributed by atoms with Gasteiger partial charge in [0.2, 0.25) is 0 Å². The second kappa shape index (κ2) is 5.03. The first kappa shape index (κ1) is 13.3. The summed E-state index contributed by atoms with van der Waals surface area (Å²) in [6.45, 7) is 7.26. The highest BCUT2D eigenvalue weighted by molar-refractivity contribution is 5.92. The topological polar surface area (TPSA) is 57.5 Å². The summed E-state index contributed by atoms with van der Waals surface area (Å²) >= 11 is 0. The van der Waals surface area contributed by atoms with Crippen LogP contribution >= 0.6 is 0 Å². The minimum absolute atomic E-state index is 0.165. The molecule has 0 atom stereocenters. The van der Waals surface area contributed by atoms with E-state index in [2.05, 4.69) is 0 Å². The van der Waals surface area contributed by atoms with E-state index in [-0.39, 0.29) is 12.3 Å². The molecule has 17 heavy (non-hydrogen) atoms. The van der Waals surface area contributed by atoms with E-state index in [4.69, 9.17) is 9.47 Å². The molecule has 1 aromatic heterocycles. The van der Waals surface area contributed by atoms with Gasteiger partial charge in [0.05, 0.1) is 6.61 Å². The first-order valence-electron chi connectivity index (χ1n) is 5.43. The van der Waals surface area contributed by atoms with Gasteiger partial charge in [0.25, 0.3) is 0 Å². The Kier molecular flexibility index (Phi) is 3.93. The summed E-state index contributed by atoms with van der Waals surface area (Å²) in [6, 6.07) is 3.11. The van der Waals surface area contributed by atoms with E-state index in [1.807, 2.05) is 0 Å². The summed E-state index contributed by atoms with van der Waals surface area (Å²) in [4.78, 5) is 23.3. The summed E-state index contributed by atoms with van der Waals surface area (Å²) < 4.78 is 11.1. The number of carbonyl (C=O) groups excluding carboxylic acids is 2. The van der Waals surface area contributed by atoms with Gasteiger partial charge in [-0.2, -0.15) is 0 Å². The van der Waals surface area contributed by atoms with E-state index in [9.17, 15) is 9.59 Å². The maximum Gasteiger partial charge on any atom is 0.418 e. The molecule has 0 spiro atoms. The SMILES string of the molecule is CCOC(=O)n1cccc1C(=O)OC(C)(C)C. The summed E-state index contributed by atoms with van der Waals surface area (Å²) in [6.07, 6.45) is 0.885. The third kappa shape index (κ3) is 3.62. The number of hydrogen-bond donors (Lipinski definition) is 0. The van der Waals surface area contributed by atoms with Crippen molar-refractivity contribution in [1.82, 2.24) is 4.57 Å². The molecule has 5 heteroatoms. The van der Waals surface area contributed by atoms with Crippen molar-refractivity contribution in [2.45, 2.75) is 33.3 Å². The Hall–Kier alpha value is -1.78. The Morgan fingerprint density at radius 2 is 2.00 bits per heavy atom. The third-order valence-corrected chi connectivity index (χ3v) is 1.82. The van der Waals surface area contributed by atoms with Gasteiger partial charge in [-0.15, -0.1) is 0 Å². The van der Waals surface area contributed by atoms with Crippen LogP contribution in [-0.2, 0) is 9.47 Å². The van der Waals surface area contributed by atoms with Gasteiger partial charge in [0, 0.05) is 6.20 Å². The van der Waals surface area contributed by atoms with Crippen molar-refractivity contribution in [2.24, 2.45) is 0 Å². The Labute approximate surface area is 100 Å². The van der Waals surface area contributed by atoms with Crippen LogP contribution < -0.4 is 0 Å². The fourth-order valence-electron chi connectivity index (χ4n) is 1.23. The first-order chi connectivity index (χ1) is 7.85. The zero-order valence-electron chi connectivity index (χ0n) is 10.5. The van der Waals surface area contributed by atoms with Crippen LogP contribution in [0.15, 0.2) is 18.3 Å².